The van der Waals surface area contributed by atoms with Gasteiger partial charge in [-0.05, 0) is 56.1 Å². The van der Waals surface area contributed by atoms with Gasteiger partial charge in [0.1, 0.15) is 11.5 Å². The average Bonchev–Trinajstić information content (AvgIpc) is 3.34. The van der Waals surface area contributed by atoms with Gasteiger partial charge in [0.2, 0.25) is 0 Å². The molecule has 3 aromatic rings. The maximum absolute atomic E-state index is 12.5. The summed E-state index contributed by atoms with van der Waals surface area (Å²) in [6, 6.07) is 9.47. The molecule has 1 aromatic carbocycles. The largest absolute Gasteiger partial charge is 0.370 e. The number of H-pyrrole nitrogens is 1. The number of aromatic amines is 1. The van der Waals surface area contributed by atoms with Crippen LogP contribution in [0.3, 0.4) is 0 Å². The Hall–Kier alpha value is -2.97. The van der Waals surface area contributed by atoms with Gasteiger partial charge in [0, 0.05) is 43.7 Å². The Balaban J connectivity index is 1.21. The summed E-state index contributed by atoms with van der Waals surface area (Å²) >= 11 is 6.11. The van der Waals surface area contributed by atoms with E-state index in [2.05, 4.69) is 25.1 Å². The number of anilines is 1. The lowest BCUT2D eigenvalue weighted by atomic mass is 10.0. The molecule has 33 heavy (non-hydrogen) atoms. The maximum atomic E-state index is 12.5. The summed E-state index contributed by atoms with van der Waals surface area (Å²) in [6.45, 7) is 3.82. The van der Waals surface area contributed by atoms with Gasteiger partial charge in [-0.3, -0.25) is 14.5 Å². The third-order valence-electron chi connectivity index (χ3n) is 6.85. The maximum Gasteiger partial charge on any atom is 0.269 e. The third kappa shape index (κ3) is 4.45. The minimum Gasteiger partial charge on any atom is -0.370 e. The number of amides is 1. The summed E-state index contributed by atoms with van der Waals surface area (Å²) in [5.41, 5.74) is 2.04. The molecule has 8 nitrogen and oxygen atoms in total. The van der Waals surface area contributed by atoms with E-state index in [0.717, 1.165) is 57.0 Å². The number of carbonyl (C=O) groups is 1. The summed E-state index contributed by atoms with van der Waals surface area (Å²) in [5.74, 6) is 0.812. The van der Waals surface area contributed by atoms with Gasteiger partial charge in [0.05, 0.1) is 22.8 Å². The summed E-state index contributed by atoms with van der Waals surface area (Å²) in [6.07, 6.45) is 4.91. The molecule has 9 heteroatoms. The second kappa shape index (κ2) is 9.11. The van der Waals surface area contributed by atoms with E-state index in [4.69, 9.17) is 16.6 Å². The number of piperidine rings is 1. The Labute approximate surface area is 197 Å². The number of fused-ring (bicyclic) bond motifs is 1. The summed E-state index contributed by atoms with van der Waals surface area (Å²) < 4.78 is 0. The molecule has 0 spiro atoms. The van der Waals surface area contributed by atoms with E-state index in [1.54, 1.807) is 37.5 Å². The second-order valence-electron chi connectivity index (χ2n) is 8.79. The van der Waals surface area contributed by atoms with Crippen molar-refractivity contribution in [3.63, 3.8) is 0 Å². The van der Waals surface area contributed by atoms with Crippen LogP contribution in [-0.2, 0) is 0 Å². The Bertz CT molecular complexity index is 1220. The topological polar surface area (TPSA) is 94.2 Å². The highest BCUT2D eigenvalue weighted by Crippen LogP contribution is 2.30. The van der Waals surface area contributed by atoms with Crippen molar-refractivity contribution in [1.29, 1.82) is 0 Å². The van der Waals surface area contributed by atoms with Gasteiger partial charge in [-0.1, -0.05) is 11.6 Å². The van der Waals surface area contributed by atoms with Crippen molar-refractivity contribution in [2.45, 2.75) is 31.2 Å². The molecule has 4 heterocycles. The highest BCUT2D eigenvalue weighted by atomic mass is 35.5. The number of nitrogens with one attached hydrogen (secondary N) is 2. The standard InChI is InChI=1S/C24H27ClN6O2/c1-26-24(33)20-5-3-18(13-27-20)30-10-7-17(8-11-30)31-9-6-15(14-31)22-28-21-12-16(25)2-4-19(21)23(32)29-22/h2-5,12-13,15,17H,6-11,14H2,1H3,(H,26,33)(H,28,29,32). The number of rotatable bonds is 4. The lowest BCUT2D eigenvalue weighted by molar-refractivity contribution is 0.0958. The normalized spacial score (nSPS) is 19.8. The van der Waals surface area contributed by atoms with Crippen LogP contribution in [0.2, 0.25) is 5.02 Å². The monoisotopic (exact) mass is 466 g/mol. The molecule has 0 radical (unpaired) electrons. The summed E-state index contributed by atoms with van der Waals surface area (Å²) in [5, 5.41) is 3.76. The molecular formula is C24H27ClN6O2. The van der Waals surface area contributed by atoms with Crippen LogP contribution in [0.1, 0.15) is 41.5 Å². The molecule has 2 fully saturated rings. The number of aromatic nitrogens is 3. The van der Waals surface area contributed by atoms with Crippen LogP contribution in [0, 0.1) is 0 Å². The van der Waals surface area contributed by atoms with Crippen LogP contribution in [0.15, 0.2) is 41.3 Å². The van der Waals surface area contributed by atoms with Crippen LogP contribution in [-0.4, -0.2) is 65.0 Å². The molecule has 0 bridgehead atoms. The van der Waals surface area contributed by atoms with Crippen molar-refractivity contribution < 1.29 is 4.79 Å². The van der Waals surface area contributed by atoms with E-state index >= 15 is 0 Å². The fourth-order valence-corrected chi connectivity index (χ4v) is 5.16. The smallest absolute Gasteiger partial charge is 0.269 e. The van der Waals surface area contributed by atoms with Crippen molar-refractivity contribution >= 4 is 34.1 Å². The number of benzene rings is 1. The quantitative estimate of drug-likeness (QED) is 0.614. The molecule has 2 aliphatic rings. The van der Waals surface area contributed by atoms with E-state index in [-0.39, 0.29) is 17.4 Å². The van der Waals surface area contributed by atoms with Crippen molar-refractivity contribution in [2.24, 2.45) is 0 Å². The first-order chi connectivity index (χ1) is 16.0. The van der Waals surface area contributed by atoms with Gasteiger partial charge < -0.3 is 15.2 Å². The van der Waals surface area contributed by atoms with Gasteiger partial charge in [0.25, 0.3) is 11.5 Å². The Morgan fingerprint density at radius 3 is 2.70 bits per heavy atom. The Kier molecular flexibility index (Phi) is 6.03. The number of carbonyl (C=O) groups excluding carboxylic acids is 1. The summed E-state index contributed by atoms with van der Waals surface area (Å²) in [7, 11) is 1.61. The molecular weight excluding hydrogens is 440 g/mol. The fourth-order valence-electron chi connectivity index (χ4n) is 4.99. The lowest BCUT2D eigenvalue weighted by Gasteiger charge is -2.37. The fraction of sp³-hybridized carbons (Fsp3) is 0.417. The van der Waals surface area contributed by atoms with E-state index < -0.39 is 0 Å². The number of nitrogens with zero attached hydrogens (tertiary/aromatic N) is 4. The molecule has 5 rings (SSSR count). The minimum absolute atomic E-state index is 0.102. The number of pyridine rings is 1. The van der Waals surface area contributed by atoms with Crippen molar-refractivity contribution in [1.82, 2.24) is 25.2 Å². The van der Waals surface area contributed by atoms with Gasteiger partial charge in [-0.25, -0.2) is 9.97 Å². The van der Waals surface area contributed by atoms with E-state index in [1.165, 1.54) is 0 Å². The van der Waals surface area contributed by atoms with Crippen LogP contribution in [0.5, 0.6) is 0 Å². The van der Waals surface area contributed by atoms with Crippen molar-refractivity contribution in [2.75, 3.05) is 38.1 Å². The predicted octanol–water partition coefficient (Wildman–Crippen LogP) is 2.79. The van der Waals surface area contributed by atoms with E-state index in [0.29, 0.717) is 27.7 Å². The molecule has 1 atom stereocenters. The first kappa shape index (κ1) is 21.9. The molecule has 2 N–H and O–H groups in total. The van der Waals surface area contributed by atoms with Gasteiger partial charge in [-0.15, -0.1) is 0 Å². The number of hydrogen-bond donors (Lipinski definition) is 2. The average molecular weight is 467 g/mol. The molecule has 0 saturated carbocycles. The SMILES string of the molecule is CNC(=O)c1ccc(N2CCC(N3CCC(c4nc5cc(Cl)ccc5c(=O)[nH]4)C3)CC2)cn1. The molecule has 2 saturated heterocycles. The van der Waals surface area contributed by atoms with Crippen LogP contribution < -0.4 is 15.8 Å². The highest BCUT2D eigenvalue weighted by molar-refractivity contribution is 6.31. The molecule has 1 unspecified atom stereocenters. The minimum atomic E-state index is -0.172. The van der Waals surface area contributed by atoms with Crippen LogP contribution in [0.4, 0.5) is 5.69 Å². The van der Waals surface area contributed by atoms with Gasteiger partial charge >= 0.3 is 0 Å². The lowest BCUT2D eigenvalue weighted by Crippen LogP contribution is -2.44. The molecule has 172 valence electrons. The summed E-state index contributed by atoms with van der Waals surface area (Å²) in [4.78, 5) is 41.1. The molecule has 0 aliphatic carbocycles. The van der Waals surface area contributed by atoms with Gasteiger partial charge in [0.15, 0.2) is 0 Å². The van der Waals surface area contributed by atoms with Crippen molar-refractivity contribution in [3.05, 3.63) is 63.4 Å². The molecule has 2 aromatic heterocycles. The third-order valence-corrected chi connectivity index (χ3v) is 7.08. The Morgan fingerprint density at radius 1 is 1.15 bits per heavy atom. The van der Waals surface area contributed by atoms with Crippen molar-refractivity contribution in [3.8, 4) is 0 Å². The Morgan fingerprint density at radius 2 is 1.97 bits per heavy atom. The van der Waals surface area contributed by atoms with Gasteiger partial charge in [-0.2, -0.15) is 0 Å². The molecule has 2 aliphatic heterocycles. The first-order valence-electron chi connectivity index (χ1n) is 11.4. The number of hydrogen-bond acceptors (Lipinski definition) is 6. The zero-order valence-corrected chi connectivity index (χ0v) is 19.3. The first-order valence-corrected chi connectivity index (χ1v) is 11.8. The predicted molar refractivity (Wildman–Crippen MR) is 129 cm³/mol. The zero-order valence-electron chi connectivity index (χ0n) is 18.6. The highest BCUT2D eigenvalue weighted by Gasteiger charge is 2.32. The number of halogens is 1. The van der Waals surface area contributed by atoms with Crippen LogP contribution >= 0.6 is 11.6 Å². The second-order valence-corrected chi connectivity index (χ2v) is 9.23. The zero-order chi connectivity index (χ0) is 22.9. The van der Waals surface area contributed by atoms with E-state index in [9.17, 15) is 9.59 Å². The van der Waals surface area contributed by atoms with E-state index in [1.807, 2.05) is 6.07 Å². The number of likely N-dealkylation sites (tertiary alicyclic amines) is 1. The molecule has 1 amide bonds. The van der Waals surface area contributed by atoms with Crippen LogP contribution in [0.25, 0.3) is 10.9 Å².